The molecule has 0 rings (SSSR count). The Bertz CT molecular complexity index is 1320. The van der Waals surface area contributed by atoms with Crippen molar-refractivity contribution in [3.05, 3.63) is 72.9 Å². The summed E-state index contributed by atoms with van der Waals surface area (Å²) in [6.07, 6.45) is 76.3. The van der Waals surface area contributed by atoms with Crippen LogP contribution in [-0.2, 0) is 28.6 Å². The van der Waals surface area contributed by atoms with Gasteiger partial charge in [-0.15, -0.1) is 0 Å². The van der Waals surface area contributed by atoms with Gasteiger partial charge in [-0.3, -0.25) is 14.4 Å². The van der Waals surface area contributed by atoms with Crippen molar-refractivity contribution in [3.8, 4) is 0 Å². The second-order valence-corrected chi connectivity index (χ2v) is 20.2. The van der Waals surface area contributed by atoms with Gasteiger partial charge >= 0.3 is 17.9 Å². The van der Waals surface area contributed by atoms with Crippen LogP contribution in [-0.4, -0.2) is 37.2 Å². The topological polar surface area (TPSA) is 78.9 Å². The molecule has 0 radical (unpaired) electrons. The van der Waals surface area contributed by atoms with Gasteiger partial charge in [0.25, 0.3) is 0 Å². The third-order valence-corrected chi connectivity index (χ3v) is 13.2. The lowest BCUT2D eigenvalue weighted by molar-refractivity contribution is -0.167. The summed E-state index contributed by atoms with van der Waals surface area (Å²) >= 11 is 0. The van der Waals surface area contributed by atoms with Gasteiger partial charge in [0.15, 0.2) is 6.10 Å². The molecule has 0 N–H and O–H groups in total. The number of hydrogen-bond donors (Lipinski definition) is 0. The Balaban J connectivity index is 4.23. The molecular formula is C65H114O6. The van der Waals surface area contributed by atoms with Crippen LogP contribution in [0.4, 0.5) is 0 Å². The zero-order chi connectivity index (χ0) is 51.4. The van der Waals surface area contributed by atoms with Crippen LogP contribution in [0.15, 0.2) is 72.9 Å². The first-order chi connectivity index (χ1) is 35.0. The zero-order valence-electron chi connectivity index (χ0n) is 47.0. The van der Waals surface area contributed by atoms with Crippen molar-refractivity contribution in [1.82, 2.24) is 0 Å². The Labute approximate surface area is 440 Å². The molecule has 0 aromatic carbocycles. The molecule has 1 atom stereocenters. The molecule has 0 bridgehead atoms. The van der Waals surface area contributed by atoms with Crippen LogP contribution in [0.5, 0.6) is 0 Å². The Morgan fingerprint density at radius 2 is 0.549 bits per heavy atom. The first kappa shape index (κ1) is 67.8. The number of unbranched alkanes of at least 4 members (excludes halogenated alkanes) is 32. The molecule has 1 unspecified atom stereocenters. The van der Waals surface area contributed by atoms with Crippen LogP contribution in [0.1, 0.15) is 303 Å². The molecule has 410 valence electrons. The van der Waals surface area contributed by atoms with E-state index in [0.29, 0.717) is 19.3 Å². The van der Waals surface area contributed by atoms with Gasteiger partial charge in [-0.05, 0) is 70.6 Å². The summed E-state index contributed by atoms with van der Waals surface area (Å²) < 4.78 is 16.8. The Morgan fingerprint density at radius 1 is 0.296 bits per heavy atom. The van der Waals surface area contributed by atoms with Crippen LogP contribution in [0, 0.1) is 0 Å². The molecule has 0 spiro atoms. The van der Waals surface area contributed by atoms with Gasteiger partial charge in [-0.2, -0.15) is 0 Å². The van der Waals surface area contributed by atoms with E-state index in [1.807, 2.05) is 0 Å². The second kappa shape index (κ2) is 59.4. The summed E-state index contributed by atoms with van der Waals surface area (Å²) in [4.78, 5) is 38.1. The molecule has 71 heavy (non-hydrogen) atoms. The third kappa shape index (κ3) is 57.6. The molecular weight excluding hydrogens is 877 g/mol. The van der Waals surface area contributed by atoms with Crippen molar-refractivity contribution in [3.63, 3.8) is 0 Å². The van der Waals surface area contributed by atoms with E-state index in [-0.39, 0.29) is 31.1 Å². The largest absolute Gasteiger partial charge is 0.462 e. The lowest BCUT2D eigenvalue weighted by atomic mass is 10.0. The molecule has 0 aromatic heterocycles. The maximum Gasteiger partial charge on any atom is 0.306 e. The quantitative estimate of drug-likeness (QED) is 0.0261. The lowest BCUT2D eigenvalue weighted by Gasteiger charge is -2.18. The predicted octanol–water partition coefficient (Wildman–Crippen LogP) is 20.5. The van der Waals surface area contributed by atoms with Crippen LogP contribution < -0.4 is 0 Å². The van der Waals surface area contributed by atoms with Crippen LogP contribution in [0.2, 0.25) is 0 Å². The molecule has 0 saturated heterocycles. The van der Waals surface area contributed by atoms with Crippen molar-refractivity contribution in [2.24, 2.45) is 0 Å². The maximum absolute atomic E-state index is 12.9. The van der Waals surface area contributed by atoms with E-state index in [9.17, 15) is 14.4 Å². The minimum atomic E-state index is -0.778. The standard InChI is InChI=1S/C65H114O6/c1-4-7-10-13-16-19-21-23-25-27-29-31-32-33-34-35-37-38-40-42-44-46-49-52-55-58-64(67)70-61-62(60-69-63(66)57-54-51-48-18-15-12-9-6-3)71-65(68)59-56-53-50-47-45-43-41-39-36-30-28-26-24-22-20-17-14-11-8-5-2/h7,10,16,19,23,25,29,31,33-34,37-38,62H,4-6,8-9,11-15,17-18,20-22,24,26-28,30,32,35-36,39-61H2,1-3H3/b10-7-,19-16-,25-23-,31-29-,34-33-,38-37-. The summed E-state index contributed by atoms with van der Waals surface area (Å²) in [6, 6.07) is 0. The predicted molar refractivity (Wildman–Crippen MR) is 307 cm³/mol. The monoisotopic (exact) mass is 991 g/mol. The Kier molecular flexibility index (Phi) is 56.8. The number of allylic oxidation sites excluding steroid dienone is 12. The van der Waals surface area contributed by atoms with E-state index < -0.39 is 6.10 Å². The van der Waals surface area contributed by atoms with Gasteiger partial charge in [0.2, 0.25) is 0 Å². The van der Waals surface area contributed by atoms with Crippen LogP contribution >= 0.6 is 0 Å². The van der Waals surface area contributed by atoms with Gasteiger partial charge in [0.05, 0.1) is 0 Å². The van der Waals surface area contributed by atoms with Crippen LogP contribution in [0.25, 0.3) is 0 Å². The number of ether oxygens (including phenoxy) is 3. The molecule has 0 aromatic rings. The zero-order valence-corrected chi connectivity index (χ0v) is 47.0. The van der Waals surface area contributed by atoms with Gasteiger partial charge < -0.3 is 14.2 Å². The number of hydrogen-bond acceptors (Lipinski definition) is 6. The van der Waals surface area contributed by atoms with E-state index in [2.05, 4.69) is 93.7 Å². The highest BCUT2D eigenvalue weighted by Crippen LogP contribution is 2.17. The van der Waals surface area contributed by atoms with Gasteiger partial charge in [0.1, 0.15) is 13.2 Å². The summed E-state index contributed by atoms with van der Waals surface area (Å²) in [5.41, 5.74) is 0. The average molecular weight is 992 g/mol. The van der Waals surface area contributed by atoms with E-state index in [4.69, 9.17) is 14.2 Å². The minimum absolute atomic E-state index is 0.0767. The first-order valence-electron chi connectivity index (χ1n) is 30.4. The molecule has 0 amide bonds. The van der Waals surface area contributed by atoms with E-state index in [1.54, 1.807) is 0 Å². The Morgan fingerprint density at radius 3 is 0.859 bits per heavy atom. The van der Waals surface area contributed by atoms with E-state index in [1.165, 1.54) is 161 Å². The van der Waals surface area contributed by atoms with Crippen molar-refractivity contribution >= 4 is 17.9 Å². The number of rotatable bonds is 55. The highest BCUT2D eigenvalue weighted by molar-refractivity contribution is 5.71. The van der Waals surface area contributed by atoms with E-state index >= 15 is 0 Å². The van der Waals surface area contributed by atoms with Crippen LogP contribution in [0.3, 0.4) is 0 Å². The van der Waals surface area contributed by atoms with E-state index in [0.717, 1.165) is 103 Å². The number of carbonyl (C=O) groups excluding carboxylic acids is 3. The van der Waals surface area contributed by atoms with Crippen molar-refractivity contribution in [2.45, 2.75) is 309 Å². The van der Waals surface area contributed by atoms with Gasteiger partial charge in [-0.1, -0.05) is 286 Å². The van der Waals surface area contributed by atoms with Crippen molar-refractivity contribution < 1.29 is 28.6 Å². The van der Waals surface area contributed by atoms with Gasteiger partial charge in [-0.25, -0.2) is 0 Å². The molecule has 0 aliphatic carbocycles. The minimum Gasteiger partial charge on any atom is -0.462 e. The average Bonchev–Trinajstić information content (AvgIpc) is 3.37. The van der Waals surface area contributed by atoms with Crippen molar-refractivity contribution in [2.75, 3.05) is 13.2 Å². The highest BCUT2D eigenvalue weighted by atomic mass is 16.6. The third-order valence-electron chi connectivity index (χ3n) is 13.2. The molecule has 6 nitrogen and oxygen atoms in total. The fourth-order valence-corrected chi connectivity index (χ4v) is 8.68. The molecule has 0 heterocycles. The molecule has 0 aliphatic heterocycles. The summed E-state index contributed by atoms with van der Waals surface area (Å²) in [5.74, 6) is -0.883. The molecule has 0 saturated carbocycles. The fourth-order valence-electron chi connectivity index (χ4n) is 8.68. The summed E-state index contributed by atoms with van der Waals surface area (Å²) in [7, 11) is 0. The normalized spacial score (nSPS) is 12.5. The van der Waals surface area contributed by atoms with Gasteiger partial charge in [0, 0.05) is 19.3 Å². The number of carbonyl (C=O) groups is 3. The fraction of sp³-hybridized carbons (Fsp3) is 0.769. The highest BCUT2D eigenvalue weighted by Gasteiger charge is 2.19. The maximum atomic E-state index is 12.9. The molecule has 0 fully saturated rings. The lowest BCUT2D eigenvalue weighted by Crippen LogP contribution is -2.30. The summed E-state index contributed by atoms with van der Waals surface area (Å²) in [6.45, 7) is 6.52. The number of esters is 3. The smallest absolute Gasteiger partial charge is 0.306 e. The first-order valence-corrected chi connectivity index (χ1v) is 30.4. The molecule has 0 aliphatic rings. The second-order valence-electron chi connectivity index (χ2n) is 20.2. The molecule has 6 heteroatoms. The summed E-state index contributed by atoms with van der Waals surface area (Å²) in [5, 5.41) is 0. The Hall–Kier alpha value is -3.15. The van der Waals surface area contributed by atoms with Crippen molar-refractivity contribution in [1.29, 1.82) is 0 Å². The SMILES string of the molecule is CC/C=C\C/C=C\C/C=C\C/C=C\C/C=C\C/C=C\CCCCCCCCC(=O)OCC(COC(=O)CCCCCCCCCC)OC(=O)CCCCCCCCCCCCCCCCCCCCCC.